The van der Waals surface area contributed by atoms with E-state index in [1.807, 2.05) is 32.9 Å². The molecular weight excluding hydrogens is 474 g/mol. The molecule has 6 nitrogen and oxygen atoms in total. The van der Waals surface area contributed by atoms with E-state index in [1.54, 1.807) is 0 Å². The molecule has 3 saturated carbocycles. The van der Waals surface area contributed by atoms with E-state index in [4.69, 9.17) is 4.42 Å². The summed E-state index contributed by atoms with van der Waals surface area (Å²) in [7, 11) is 0. The molecule has 202 valence electrons. The number of ketones is 2. The number of hydrogen-bond donors (Lipinski definition) is 0. The second-order valence-electron chi connectivity index (χ2n) is 14.9. The van der Waals surface area contributed by atoms with Crippen LogP contribution < -0.4 is 0 Å². The molecule has 0 spiro atoms. The van der Waals surface area contributed by atoms with Gasteiger partial charge in [0.1, 0.15) is 6.07 Å². The molecule has 0 aliphatic heterocycles. The number of aromatic nitrogens is 2. The summed E-state index contributed by atoms with van der Waals surface area (Å²) in [6.45, 7) is 15.0. The maximum atomic E-state index is 14.4. The van der Waals surface area contributed by atoms with Crippen molar-refractivity contribution >= 4 is 11.6 Å². The summed E-state index contributed by atoms with van der Waals surface area (Å²) >= 11 is 0. The Labute approximate surface area is 226 Å². The van der Waals surface area contributed by atoms with Gasteiger partial charge in [0.05, 0.1) is 11.0 Å². The third kappa shape index (κ3) is 3.17. The number of hydrogen-bond acceptors (Lipinski definition) is 6. The molecule has 0 N–H and O–H groups in total. The number of nitrogens with zero attached hydrogens (tertiary/aromatic N) is 3. The number of aryl methyl sites for hydroxylation is 1. The summed E-state index contributed by atoms with van der Waals surface area (Å²) in [4.78, 5) is 27.6. The van der Waals surface area contributed by atoms with Gasteiger partial charge < -0.3 is 4.42 Å². The Balaban J connectivity index is 1.50. The quantitative estimate of drug-likeness (QED) is 0.426. The molecule has 5 aliphatic rings. The molecule has 0 saturated heterocycles. The smallest absolute Gasteiger partial charge is 0.222 e. The molecule has 0 radical (unpaired) electrons. The van der Waals surface area contributed by atoms with Crippen molar-refractivity contribution in [3.63, 3.8) is 0 Å². The zero-order valence-electron chi connectivity index (χ0n) is 24.0. The van der Waals surface area contributed by atoms with Gasteiger partial charge in [0.15, 0.2) is 11.6 Å². The van der Waals surface area contributed by atoms with Crippen LogP contribution in [0.2, 0.25) is 0 Å². The molecule has 1 aromatic rings. The Morgan fingerprint density at radius 1 is 0.974 bits per heavy atom. The highest BCUT2D eigenvalue weighted by molar-refractivity contribution is 6.04. The second-order valence-corrected chi connectivity index (χ2v) is 14.9. The fourth-order valence-corrected chi connectivity index (χ4v) is 10.1. The van der Waals surface area contributed by atoms with Gasteiger partial charge in [0, 0.05) is 23.7 Å². The van der Waals surface area contributed by atoms with Crippen LogP contribution in [-0.2, 0) is 15.0 Å². The van der Waals surface area contributed by atoms with Gasteiger partial charge in [0.25, 0.3) is 0 Å². The monoisotopic (exact) mass is 515 g/mol. The Morgan fingerprint density at radius 2 is 1.71 bits per heavy atom. The number of fused-ring (bicyclic) bond motifs is 7. The molecule has 3 fully saturated rings. The zero-order valence-corrected chi connectivity index (χ0v) is 24.0. The summed E-state index contributed by atoms with van der Waals surface area (Å²) < 4.78 is 6.12. The first-order valence-corrected chi connectivity index (χ1v) is 14.4. The first kappa shape index (κ1) is 25.7. The first-order valence-electron chi connectivity index (χ1n) is 14.4. The minimum absolute atomic E-state index is 0.0616. The number of allylic oxidation sites excluding steroid dienone is 4. The molecule has 0 bridgehead atoms. The van der Waals surface area contributed by atoms with Crippen molar-refractivity contribution in [3.05, 3.63) is 35.1 Å². The third-order valence-corrected chi connectivity index (χ3v) is 12.0. The lowest BCUT2D eigenvalue weighted by Crippen LogP contribution is -2.61. The average Bonchev–Trinajstić information content (AvgIpc) is 3.29. The second kappa shape index (κ2) is 7.77. The first-order chi connectivity index (χ1) is 17.7. The molecule has 0 aromatic carbocycles. The van der Waals surface area contributed by atoms with E-state index in [2.05, 4.69) is 44.0 Å². The number of Topliss-reactive ketones (excluding diaryl/α,β-unsaturated/α-hetero) is 1. The van der Waals surface area contributed by atoms with Crippen LogP contribution in [0.3, 0.4) is 0 Å². The Morgan fingerprint density at radius 3 is 2.37 bits per heavy atom. The molecule has 6 rings (SSSR count). The molecular formula is C32H41N3O3. The highest BCUT2D eigenvalue weighted by Crippen LogP contribution is 2.70. The molecule has 0 amide bonds. The average molecular weight is 516 g/mol. The number of rotatable bonds is 1. The predicted molar refractivity (Wildman–Crippen MR) is 143 cm³/mol. The lowest BCUT2D eigenvalue weighted by Gasteiger charge is -2.64. The van der Waals surface area contributed by atoms with Crippen molar-refractivity contribution in [1.29, 1.82) is 5.26 Å². The SMILES string of the molecule is Cc1nnc([C@@]23CCC4C(C(=O)C=C5[C@@]6(C)C=C(C#N)C(=O)C(C)(C)C6CC[C@]54C)C2CC(C)(C)CC3)o1. The van der Waals surface area contributed by atoms with Gasteiger partial charge >= 0.3 is 0 Å². The van der Waals surface area contributed by atoms with Gasteiger partial charge in [-0.2, -0.15) is 5.26 Å². The van der Waals surface area contributed by atoms with E-state index < -0.39 is 10.8 Å². The van der Waals surface area contributed by atoms with Crippen LogP contribution in [0.1, 0.15) is 98.3 Å². The van der Waals surface area contributed by atoms with E-state index in [0.29, 0.717) is 5.89 Å². The largest absolute Gasteiger partial charge is 0.425 e. The van der Waals surface area contributed by atoms with Crippen molar-refractivity contribution in [1.82, 2.24) is 10.2 Å². The highest BCUT2D eigenvalue weighted by atomic mass is 16.4. The lowest BCUT2D eigenvalue weighted by molar-refractivity contribution is -0.142. The Hall–Kier alpha value is -2.55. The van der Waals surface area contributed by atoms with Crippen molar-refractivity contribution in [2.75, 3.05) is 0 Å². The topological polar surface area (TPSA) is 96.9 Å². The lowest BCUT2D eigenvalue weighted by atomic mass is 9.38. The summed E-state index contributed by atoms with van der Waals surface area (Å²) in [5.41, 5.74) is 0.0214. The molecule has 7 atom stereocenters. The predicted octanol–water partition coefficient (Wildman–Crippen LogP) is 6.46. The third-order valence-electron chi connectivity index (χ3n) is 12.0. The van der Waals surface area contributed by atoms with Crippen molar-refractivity contribution in [2.45, 2.75) is 98.8 Å². The van der Waals surface area contributed by atoms with Crippen LogP contribution in [0.25, 0.3) is 0 Å². The summed E-state index contributed by atoms with van der Waals surface area (Å²) in [5.74, 6) is 1.84. The minimum atomic E-state index is -0.637. The van der Waals surface area contributed by atoms with Crippen molar-refractivity contribution in [2.24, 2.45) is 45.3 Å². The molecule has 38 heavy (non-hydrogen) atoms. The summed E-state index contributed by atoms with van der Waals surface area (Å²) in [6, 6.07) is 2.19. The van der Waals surface area contributed by atoms with E-state index in [9.17, 15) is 14.9 Å². The molecule has 4 unspecified atom stereocenters. The van der Waals surface area contributed by atoms with Crippen molar-refractivity contribution in [3.8, 4) is 6.07 Å². The Bertz CT molecular complexity index is 1340. The van der Waals surface area contributed by atoms with Gasteiger partial charge in [-0.15, -0.1) is 10.2 Å². The van der Waals surface area contributed by atoms with Crippen LogP contribution in [0.4, 0.5) is 0 Å². The number of nitriles is 1. The van der Waals surface area contributed by atoms with Crippen LogP contribution in [0.15, 0.2) is 27.7 Å². The maximum Gasteiger partial charge on any atom is 0.222 e. The van der Waals surface area contributed by atoms with Crippen LogP contribution in [0.5, 0.6) is 0 Å². The van der Waals surface area contributed by atoms with Gasteiger partial charge in [-0.1, -0.05) is 53.2 Å². The zero-order chi connectivity index (χ0) is 27.5. The van der Waals surface area contributed by atoms with Crippen LogP contribution in [-0.4, -0.2) is 21.8 Å². The van der Waals surface area contributed by atoms with E-state index in [1.165, 1.54) is 0 Å². The van der Waals surface area contributed by atoms with E-state index in [0.717, 1.165) is 56.4 Å². The summed E-state index contributed by atoms with van der Waals surface area (Å²) in [5, 5.41) is 18.6. The number of carbonyl (C=O) groups excluding carboxylic acids is 2. The summed E-state index contributed by atoms with van der Waals surface area (Å²) in [6.07, 6.45) is 10.7. The van der Waals surface area contributed by atoms with Gasteiger partial charge in [-0.25, -0.2) is 0 Å². The molecule has 1 heterocycles. The van der Waals surface area contributed by atoms with Crippen molar-refractivity contribution < 1.29 is 14.0 Å². The van der Waals surface area contributed by atoms with Crippen LogP contribution >= 0.6 is 0 Å². The van der Waals surface area contributed by atoms with Gasteiger partial charge in [-0.05, 0) is 79.6 Å². The van der Waals surface area contributed by atoms with E-state index in [-0.39, 0.29) is 57.1 Å². The standard InChI is InChI=1S/C32H41N3O3/c1-18-34-35-27(38-18)32-11-8-20-25(21(32)16-28(2,3)12-13-32)22(36)14-24-30(20,6)10-9-23-29(4,5)26(37)19(17-33)15-31(23,24)7/h14-15,20-21,23,25H,8-13,16H2,1-7H3/t20?,21?,23?,25?,30-,31-,32+/m0/s1. The fourth-order valence-electron chi connectivity index (χ4n) is 10.1. The molecule has 6 heteroatoms. The normalized spacial score (nSPS) is 43.0. The highest BCUT2D eigenvalue weighted by Gasteiger charge is 2.66. The molecule has 5 aliphatic carbocycles. The minimum Gasteiger partial charge on any atom is -0.425 e. The van der Waals surface area contributed by atoms with Crippen LogP contribution in [0, 0.1) is 63.6 Å². The number of carbonyl (C=O) groups is 2. The van der Waals surface area contributed by atoms with Gasteiger partial charge in [-0.3, -0.25) is 9.59 Å². The fraction of sp³-hybridized carbons (Fsp3) is 0.719. The van der Waals surface area contributed by atoms with E-state index >= 15 is 0 Å². The maximum absolute atomic E-state index is 14.4. The Kier molecular flexibility index (Phi) is 5.26. The van der Waals surface area contributed by atoms with Gasteiger partial charge in [0.2, 0.25) is 11.8 Å². The molecule has 1 aromatic heterocycles.